The van der Waals surface area contributed by atoms with E-state index in [1.807, 2.05) is 13.8 Å². The van der Waals surface area contributed by atoms with E-state index >= 15 is 0 Å². The van der Waals surface area contributed by atoms with Crippen molar-refractivity contribution in [3.8, 4) is 0 Å². The standard InChI is InChI=1S/C16H23N3O3/c1-11(2)16(22)17-8-9-19(13(4)21)15-7-5-6-14(10-15)18-12(3)20/h5-7,10-11H,8-9H2,1-4H3,(H,17,22)(H,18,20). The normalized spacial score (nSPS) is 10.2. The lowest BCUT2D eigenvalue weighted by Crippen LogP contribution is -2.38. The zero-order chi connectivity index (χ0) is 16.7. The van der Waals surface area contributed by atoms with Crippen molar-refractivity contribution in [3.05, 3.63) is 24.3 Å². The van der Waals surface area contributed by atoms with Crippen LogP contribution in [0.1, 0.15) is 27.7 Å². The van der Waals surface area contributed by atoms with Gasteiger partial charge in [-0.05, 0) is 18.2 Å². The van der Waals surface area contributed by atoms with Gasteiger partial charge in [0.2, 0.25) is 17.7 Å². The van der Waals surface area contributed by atoms with E-state index in [0.29, 0.717) is 24.5 Å². The van der Waals surface area contributed by atoms with Crippen molar-refractivity contribution in [3.63, 3.8) is 0 Å². The van der Waals surface area contributed by atoms with Gasteiger partial charge in [-0.2, -0.15) is 0 Å². The molecule has 1 aromatic carbocycles. The van der Waals surface area contributed by atoms with Gasteiger partial charge in [0.05, 0.1) is 0 Å². The van der Waals surface area contributed by atoms with Gasteiger partial charge in [-0.15, -0.1) is 0 Å². The minimum Gasteiger partial charge on any atom is -0.354 e. The molecule has 1 aromatic rings. The van der Waals surface area contributed by atoms with E-state index in [-0.39, 0.29) is 23.6 Å². The molecule has 0 heterocycles. The van der Waals surface area contributed by atoms with Gasteiger partial charge in [0.25, 0.3) is 0 Å². The summed E-state index contributed by atoms with van der Waals surface area (Å²) in [4.78, 5) is 36.0. The van der Waals surface area contributed by atoms with Crippen LogP contribution in [0.15, 0.2) is 24.3 Å². The van der Waals surface area contributed by atoms with Gasteiger partial charge >= 0.3 is 0 Å². The highest BCUT2D eigenvalue weighted by atomic mass is 16.2. The third-order valence-electron chi connectivity index (χ3n) is 3.02. The minimum atomic E-state index is -0.171. The Balaban J connectivity index is 2.76. The van der Waals surface area contributed by atoms with Crippen molar-refractivity contribution in [1.29, 1.82) is 0 Å². The molecule has 3 amide bonds. The molecule has 0 aliphatic carbocycles. The van der Waals surface area contributed by atoms with Crippen LogP contribution >= 0.6 is 0 Å². The number of nitrogens with one attached hydrogen (secondary N) is 2. The quantitative estimate of drug-likeness (QED) is 0.840. The van der Waals surface area contributed by atoms with Crippen LogP contribution in [0.5, 0.6) is 0 Å². The molecule has 6 nitrogen and oxygen atoms in total. The van der Waals surface area contributed by atoms with Crippen molar-refractivity contribution in [1.82, 2.24) is 5.32 Å². The van der Waals surface area contributed by atoms with E-state index in [1.54, 1.807) is 29.2 Å². The topological polar surface area (TPSA) is 78.5 Å². The van der Waals surface area contributed by atoms with Crippen LogP contribution in [0.25, 0.3) is 0 Å². The summed E-state index contributed by atoms with van der Waals surface area (Å²) in [6.07, 6.45) is 0. The second-order valence-corrected chi connectivity index (χ2v) is 5.35. The molecule has 0 saturated heterocycles. The first-order valence-corrected chi connectivity index (χ1v) is 7.24. The number of anilines is 2. The first-order chi connectivity index (χ1) is 10.3. The van der Waals surface area contributed by atoms with Crippen LogP contribution in [0.2, 0.25) is 0 Å². The zero-order valence-corrected chi connectivity index (χ0v) is 13.5. The lowest BCUT2D eigenvalue weighted by molar-refractivity contribution is -0.124. The van der Waals surface area contributed by atoms with Gasteiger partial charge in [-0.25, -0.2) is 0 Å². The average molecular weight is 305 g/mol. The summed E-state index contributed by atoms with van der Waals surface area (Å²) in [5, 5.41) is 5.46. The summed E-state index contributed by atoms with van der Waals surface area (Å²) in [5.41, 5.74) is 1.31. The first kappa shape index (κ1) is 17.7. The first-order valence-electron chi connectivity index (χ1n) is 7.24. The molecule has 0 aliphatic heterocycles. The molecule has 2 N–H and O–H groups in total. The fraction of sp³-hybridized carbons (Fsp3) is 0.438. The molecule has 0 aliphatic rings. The number of carbonyl (C=O) groups excluding carboxylic acids is 3. The molecule has 0 radical (unpaired) electrons. The molecule has 0 atom stereocenters. The van der Waals surface area contributed by atoms with Crippen molar-refractivity contribution >= 4 is 29.1 Å². The number of nitrogens with zero attached hydrogens (tertiary/aromatic N) is 1. The van der Waals surface area contributed by atoms with E-state index in [2.05, 4.69) is 10.6 Å². The Morgan fingerprint density at radius 3 is 2.41 bits per heavy atom. The van der Waals surface area contributed by atoms with Gasteiger partial charge in [-0.1, -0.05) is 19.9 Å². The molecule has 0 aromatic heterocycles. The van der Waals surface area contributed by atoms with Gasteiger partial charge in [0.1, 0.15) is 0 Å². The van der Waals surface area contributed by atoms with E-state index in [1.165, 1.54) is 13.8 Å². The zero-order valence-electron chi connectivity index (χ0n) is 13.5. The van der Waals surface area contributed by atoms with Gasteiger partial charge < -0.3 is 15.5 Å². The molecule has 22 heavy (non-hydrogen) atoms. The van der Waals surface area contributed by atoms with Crippen molar-refractivity contribution in [2.45, 2.75) is 27.7 Å². The third kappa shape index (κ3) is 5.55. The largest absolute Gasteiger partial charge is 0.354 e. The van der Waals surface area contributed by atoms with E-state index in [9.17, 15) is 14.4 Å². The lowest BCUT2D eigenvalue weighted by Gasteiger charge is -2.22. The van der Waals surface area contributed by atoms with Gasteiger partial charge in [0.15, 0.2) is 0 Å². The molecular weight excluding hydrogens is 282 g/mol. The van der Waals surface area contributed by atoms with Crippen molar-refractivity contribution in [2.24, 2.45) is 5.92 Å². The Morgan fingerprint density at radius 2 is 1.86 bits per heavy atom. The molecule has 1 rings (SSSR count). The van der Waals surface area contributed by atoms with E-state index < -0.39 is 0 Å². The highest BCUT2D eigenvalue weighted by Crippen LogP contribution is 2.19. The van der Waals surface area contributed by atoms with Crippen LogP contribution in [-0.4, -0.2) is 30.8 Å². The summed E-state index contributed by atoms with van der Waals surface area (Å²) < 4.78 is 0. The van der Waals surface area contributed by atoms with Crippen LogP contribution in [-0.2, 0) is 14.4 Å². The fourth-order valence-electron chi connectivity index (χ4n) is 1.92. The summed E-state index contributed by atoms with van der Waals surface area (Å²) in [7, 11) is 0. The predicted molar refractivity (Wildman–Crippen MR) is 86.6 cm³/mol. The molecule has 0 bridgehead atoms. The predicted octanol–water partition coefficient (Wildman–Crippen LogP) is 1.77. The molecule has 0 fully saturated rings. The molecular formula is C16H23N3O3. The van der Waals surface area contributed by atoms with Crippen molar-refractivity contribution in [2.75, 3.05) is 23.3 Å². The number of hydrogen-bond donors (Lipinski definition) is 2. The minimum absolute atomic E-state index is 0.0458. The van der Waals surface area contributed by atoms with Crippen LogP contribution in [0, 0.1) is 5.92 Å². The molecule has 120 valence electrons. The number of benzene rings is 1. The second kappa shape index (κ2) is 8.17. The maximum absolute atomic E-state index is 11.8. The number of rotatable bonds is 6. The highest BCUT2D eigenvalue weighted by Gasteiger charge is 2.13. The molecule has 6 heteroatoms. The SMILES string of the molecule is CC(=O)Nc1cccc(N(CCNC(=O)C(C)C)C(C)=O)c1. The highest BCUT2D eigenvalue weighted by molar-refractivity contribution is 5.94. The fourth-order valence-corrected chi connectivity index (χ4v) is 1.92. The number of amides is 3. The smallest absolute Gasteiger partial charge is 0.223 e. The van der Waals surface area contributed by atoms with E-state index in [0.717, 1.165) is 0 Å². The maximum Gasteiger partial charge on any atom is 0.223 e. The summed E-state index contributed by atoms with van der Waals surface area (Å²) in [6.45, 7) is 7.27. The third-order valence-corrected chi connectivity index (χ3v) is 3.02. The Kier molecular flexibility index (Phi) is 6.56. The molecule has 0 unspecified atom stereocenters. The molecule has 0 saturated carbocycles. The summed E-state index contributed by atoms with van der Waals surface area (Å²) in [6, 6.07) is 7.04. The Hall–Kier alpha value is -2.37. The Morgan fingerprint density at radius 1 is 1.18 bits per heavy atom. The monoisotopic (exact) mass is 305 g/mol. The van der Waals surface area contributed by atoms with Gasteiger partial charge in [0, 0.05) is 44.2 Å². The molecule has 0 spiro atoms. The summed E-state index contributed by atoms with van der Waals surface area (Å²) in [5.74, 6) is -0.432. The van der Waals surface area contributed by atoms with Crippen LogP contribution in [0.4, 0.5) is 11.4 Å². The maximum atomic E-state index is 11.8. The number of carbonyl (C=O) groups is 3. The summed E-state index contributed by atoms with van der Waals surface area (Å²) >= 11 is 0. The Bertz CT molecular complexity index is 555. The average Bonchev–Trinajstić information content (AvgIpc) is 2.42. The number of hydrogen-bond acceptors (Lipinski definition) is 3. The lowest BCUT2D eigenvalue weighted by atomic mass is 10.2. The second-order valence-electron chi connectivity index (χ2n) is 5.35. The van der Waals surface area contributed by atoms with Crippen LogP contribution in [0.3, 0.4) is 0 Å². The Labute approximate surface area is 130 Å². The van der Waals surface area contributed by atoms with E-state index in [4.69, 9.17) is 0 Å². The van der Waals surface area contributed by atoms with Crippen LogP contribution < -0.4 is 15.5 Å². The van der Waals surface area contributed by atoms with Crippen molar-refractivity contribution < 1.29 is 14.4 Å². The van der Waals surface area contributed by atoms with Gasteiger partial charge in [-0.3, -0.25) is 14.4 Å².